The maximum atomic E-state index is 5.66. The van der Waals surface area contributed by atoms with Crippen LogP contribution in [0.4, 0.5) is 0 Å². The molecule has 1 rings (SSSR count). The minimum atomic E-state index is 0.257. The Bertz CT molecular complexity index is 470. The first-order valence-electron chi connectivity index (χ1n) is 11.7. The first-order chi connectivity index (χ1) is 13.4. The van der Waals surface area contributed by atoms with E-state index >= 15 is 0 Å². The van der Waals surface area contributed by atoms with Crippen molar-refractivity contribution >= 4 is 0 Å². The summed E-state index contributed by atoms with van der Waals surface area (Å²) in [5.41, 5.74) is 3.18. The van der Waals surface area contributed by atoms with E-state index in [2.05, 4.69) is 58.9 Å². The van der Waals surface area contributed by atoms with Crippen LogP contribution in [-0.2, 0) is 21.3 Å². The number of rotatable bonds is 16. The van der Waals surface area contributed by atoms with Gasteiger partial charge in [-0.2, -0.15) is 0 Å². The fourth-order valence-electron chi connectivity index (χ4n) is 3.35. The van der Waals surface area contributed by atoms with Gasteiger partial charge in [-0.05, 0) is 56.1 Å². The number of unbranched alkanes of at least 4 members (excludes halogenated alkanes) is 7. The van der Waals surface area contributed by atoms with E-state index in [4.69, 9.17) is 9.47 Å². The number of benzene rings is 1. The first-order valence-corrected chi connectivity index (χ1v) is 11.7. The van der Waals surface area contributed by atoms with Gasteiger partial charge in [-0.1, -0.05) is 83.6 Å². The van der Waals surface area contributed by atoms with Crippen LogP contribution in [0, 0.1) is 0 Å². The van der Waals surface area contributed by atoms with Gasteiger partial charge in [0.25, 0.3) is 0 Å². The fourth-order valence-corrected chi connectivity index (χ4v) is 3.35. The molecule has 0 saturated carbocycles. The van der Waals surface area contributed by atoms with Crippen LogP contribution < -0.4 is 0 Å². The Kier molecular flexibility index (Phi) is 13.5. The molecule has 0 bridgehead atoms. The lowest BCUT2D eigenvalue weighted by Crippen LogP contribution is -2.10. The first kappa shape index (κ1) is 25.2. The van der Waals surface area contributed by atoms with E-state index in [0.717, 1.165) is 26.2 Å². The van der Waals surface area contributed by atoms with Crippen LogP contribution in [-0.4, -0.2) is 25.9 Å². The van der Waals surface area contributed by atoms with Crippen LogP contribution in [0.15, 0.2) is 24.3 Å². The van der Waals surface area contributed by atoms with Gasteiger partial charge >= 0.3 is 0 Å². The van der Waals surface area contributed by atoms with Gasteiger partial charge in [0.1, 0.15) is 0 Å². The highest BCUT2D eigenvalue weighted by Gasteiger charge is 2.12. The Balaban J connectivity index is 1.85. The molecule has 0 aromatic heterocycles. The molecule has 2 nitrogen and oxygen atoms in total. The Hall–Kier alpha value is -0.860. The van der Waals surface area contributed by atoms with Crippen LogP contribution in [0.2, 0.25) is 0 Å². The predicted octanol–water partition coefficient (Wildman–Crippen LogP) is 7.48. The van der Waals surface area contributed by atoms with Crippen molar-refractivity contribution in [2.75, 3.05) is 19.8 Å². The molecule has 0 radical (unpaired) electrons. The van der Waals surface area contributed by atoms with Crippen LogP contribution >= 0.6 is 0 Å². The second-order valence-corrected chi connectivity index (χ2v) is 9.41. The van der Waals surface area contributed by atoms with Gasteiger partial charge in [0.15, 0.2) is 0 Å². The van der Waals surface area contributed by atoms with Crippen molar-refractivity contribution in [2.24, 2.45) is 0 Å². The van der Waals surface area contributed by atoms with Gasteiger partial charge in [0.2, 0.25) is 0 Å². The molecule has 0 spiro atoms. The summed E-state index contributed by atoms with van der Waals surface area (Å²) in [5.74, 6) is 0. The second-order valence-electron chi connectivity index (χ2n) is 9.41. The molecule has 0 heterocycles. The van der Waals surface area contributed by atoms with Gasteiger partial charge in [-0.25, -0.2) is 0 Å². The zero-order chi connectivity index (χ0) is 20.7. The molecule has 2 heteroatoms. The lowest BCUT2D eigenvalue weighted by molar-refractivity contribution is 0.0507. The van der Waals surface area contributed by atoms with Crippen LogP contribution in [0.25, 0.3) is 0 Å². The van der Waals surface area contributed by atoms with Crippen LogP contribution in [0.1, 0.15) is 104 Å². The second kappa shape index (κ2) is 15.0. The van der Waals surface area contributed by atoms with Gasteiger partial charge in [0, 0.05) is 19.8 Å². The number of ether oxygens (including phenoxy) is 2. The third-order valence-electron chi connectivity index (χ3n) is 5.21. The zero-order valence-corrected chi connectivity index (χ0v) is 19.4. The summed E-state index contributed by atoms with van der Waals surface area (Å²) in [6.07, 6.45) is 13.3. The molecular formula is C26H46O2. The van der Waals surface area contributed by atoms with Crippen molar-refractivity contribution in [3.63, 3.8) is 0 Å². The molecular weight excluding hydrogens is 344 g/mol. The summed E-state index contributed by atoms with van der Waals surface area (Å²) in [7, 11) is 0. The van der Waals surface area contributed by atoms with E-state index < -0.39 is 0 Å². The molecule has 0 aliphatic rings. The average molecular weight is 391 g/mol. The number of hydrogen-bond donors (Lipinski definition) is 0. The van der Waals surface area contributed by atoms with Gasteiger partial charge < -0.3 is 9.47 Å². The van der Waals surface area contributed by atoms with E-state index in [1.165, 1.54) is 68.9 Å². The Morgan fingerprint density at radius 3 is 1.79 bits per heavy atom. The highest BCUT2D eigenvalue weighted by atomic mass is 16.5. The summed E-state index contributed by atoms with van der Waals surface area (Å²) in [6.45, 7) is 13.6. The maximum Gasteiger partial charge on any atom is 0.0518 e. The smallest absolute Gasteiger partial charge is 0.0518 e. The summed E-state index contributed by atoms with van der Waals surface area (Å²) in [6, 6.07) is 9.25. The van der Waals surface area contributed by atoms with Gasteiger partial charge in [-0.3, -0.25) is 0 Å². The molecule has 1 aromatic carbocycles. The van der Waals surface area contributed by atoms with Crippen molar-refractivity contribution in [2.45, 2.75) is 110 Å². The monoisotopic (exact) mass is 390 g/mol. The summed E-state index contributed by atoms with van der Waals surface area (Å²) >= 11 is 0. The molecule has 0 amide bonds. The Labute approximate surface area is 175 Å². The fraction of sp³-hybridized carbons (Fsp3) is 0.769. The molecule has 0 aliphatic carbocycles. The van der Waals surface area contributed by atoms with E-state index in [1.54, 1.807) is 0 Å². The Morgan fingerprint density at radius 1 is 0.679 bits per heavy atom. The van der Waals surface area contributed by atoms with Crippen LogP contribution in [0.3, 0.4) is 0 Å². The molecule has 0 saturated heterocycles. The molecule has 0 atom stereocenters. The molecule has 0 aliphatic heterocycles. The van der Waals surface area contributed by atoms with E-state index in [0.29, 0.717) is 6.10 Å². The van der Waals surface area contributed by atoms with Gasteiger partial charge in [0.05, 0.1) is 6.10 Å². The standard InChI is InChI=1S/C26H46O2/c1-23(2)28-22-14-21-27-20-13-11-9-7-6-8-10-12-15-24-16-18-25(19-17-24)26(3,4)5/h16-19,23H,6-15,20-22H2,1-5H3. The van der Waals surface area contributed by atoms with Crippen molar-refractivity contribution in [1.29, 1.82) is 0 Å². The van der Waals surface area contributed by atoms with E-state index in [-0.39, 0.29) is 5.41 Å². The zero-order valence-electron chi connectivity index (χ0n) is 19.4. The van der Waals surface area contributed by atoms with E-state index in [1.807, 2.05) is 0 Å². The molecule has 1 aromatic rings. The minimum Gasteiger partial charge on any atom is -0.381 e. The van der Waals surface area contributed by atoms with Crippen molar-refractivity contribution in [3.8, 4) is 0 Å². The summed E-state index contributed by atoms with van der Waals surface area (Å²) < 4.78 is 11.2. The largest absolute Gasteiger partial charge is 0.381 e. The number of hydrogen-bond acceptors (Lipinski definition) is 2. The molecule has 28 heavy (non-hydrogen) atoms. The highest BCUT2D eigenvalue weighted by Crippen LogP contribution is 2.22. The van der Waals surface area contributed by atoms with Gasteiger partial charge in [-0.15, -0.1) is 0 Å². The maximum absolute atomic E-state index is 5.66. The average Bonchev–Trinajstić information content (AvgIpc) is 2.64. The summed E-state index contributed by atoms with van der Waals surface area (Å²) in [4.78, 5) is 0. The normalized spacial score (nSPS) is 12.1. The SMILES string of the molecule is CC(C)OCCCOCCCCCCCCCCc1ccc(C(C)(C)C)cc1. The quantitative estimate of drug-likeness (QED) is 0.272. The highest BCUT2D eigenvalue weighted by molar-refractivity contribution is 5.27. The lowest BCUT2D eigenvalue weighted by Gasteiger charge is -2.19. The third kappa shape index (κ3) is 13.3. The number of aryl methyl sites for hydroxylation is 1. The Morgan fingerprint density at radius 2 is 1.21 bits per heavy atom. The molecule has 162 valence electrons. The molecule has 0 N–H and O–H groups in total. The minimum absolute atomic E-state index is 0.257. The molecule has 0 fully saturated rings. The van der Waals surface area contributed by atoms with E-state index in [9.17, 15) is 0 Å². The van der Waals surface area contributed by atoms with Crippen molar-refractivity contribution < 1.29 is 9.47 Å². The molecule has 0 unspecified atom stereocenters. The van der Waals surface area contributed by atoms with Crippen molar-refractivity contribution in [3.05, 3.63) is 35.4 Å². The summed E-state index contributed by atoms with van der Waals surface area (Å²) in [5, 5.41) is 0. The third-order valence-corrected chi connectivity index (χ3v) is 5.21. The van der Waals surface area contributed by atoms with Crippen LogP contribution in [0.5, 0.6) is 0 Å². The predicted molar refractivity (Wildman–Crippen MR) is 122 cm³/mol. The van der Waals surface area contributed by atoms with Crippen molar-refractivity contribution in [1.82, 2.24) is 0 Å². The lowest BCUT2D eigenvalue weighted by atomic mass is 9.86. The topological polar surface area (TPSA) is 18.5 Å².